The number of methoxy groups -OCH3 is 1. The van der Waals surface area contributed by atoms with Gasteiger partial charge in [0.05, 0.1) is 19.8 Å². The fraction of sp³-hybridized carbons (Fsp3) is 0.290. The van der Waals surface area contributed by atoms with Crippen LogP contribution in [0.15, 0.2) is 60.7 Å². The smallest absolute Gasteiger partial charge is 0.273 e. The lowest BCUT2D eigenvalue weighted by molar-refractivity contribution is 0.0730. The highest BCUT2D eigenvalue weighted by molar-refractivity contribution is 6.31. The minimum Gasteiger partial charge on any atom is -0.507 e. The number of hydrogen-bond acceptors (Lipinski definition) is 5. The van der Waals surface area contributed by atoms with Crippen LogP contribution in [0.1, 0.15) is 65.8 Å². The number of carbonyl (C=O) groups is 1. The maximum Gasteiger partial charge on any atom is 0.273 e. The first-order valence-electron chi connectivity index (χ1n) is 13.3. The fourth-order valence-electron chi connectivity index (χ4n) is 5.08. The average Bonchev–Trinajstić information content (AvgIpc) is 3.50. The van der Waals surface area contributed by atoms with Crippen LogP contribution in [0, 0.1) is 5.82 Å². The number of aromatic hydroxyl groups is 1. The molecule has 1 aliphatic heterocycles. The maximum absolute atomic E-state index is 13.7. The molecular weight excluding hydrogens is 533 g/mol. The lowest BCUT2D eigenvalue weighted by Gasteiger charge is -2.27. The second-order valence-electron chi connectivity index (χ2n) is 9.80. The highest BCUT2D eigenvalue weighted by atomic mass is 35.5. The zero-order valence-corrected chi connectivity index (χ0v) is 23.2. The summed E-state index contributed by atoms with van der Waals surface area (Å²) >= 11 is 6.25. The summed E-state index contributed by atoms with van der Waals surface area (Å²) in [6, 6.07) is 15.8. The number of carbonyl (C=O) groups excluding carboxylic acids is 1. The molecule has 2 heterocycles. The van der Waals surface area contributed by atoms with E-state index in [2.05, 4.69) is 17.1 Å². The van der Waals surface area contributed by atoms with Gasteiger partial charge in [-0.2, -0.15) is 5.10 Å². The van der Waals surface area contributed by atoms with Crippen LogP contribution in [0.5, 0.6) is 17.2 Å². The minimum absolute atomic E-state index is 0.00807. The predicted molar refractivity (Wildman–Crippen MR) is 151 cm³/mol. The Hall–Kier alpha value is -4.04. The minimum atomic E-state index is -0.577. The molecule has 0 radical (unpaired) electrons. The Kier molecular flexibility index (Phi) is 8.26. The first-order chi connectivity index (χ1) is 19.4. The molecule has 208 valence electrons. The van der Waals surface area contributed by atoms with E-state index in [0.29, 0.717) is 45.6 Å². The third-order valence-corrected chi connectivity index (χ3v) is 7.34. The molecule has 5 rings (SSSR count). The lowest BCUT2D eigenvalue weighted by atomic mass is 9.95. The molecule has 0 fully saturated rings. The molecule has 7 nitrogen and oxygen atoms in total. The molecule has 0 bridgehead atoms. The number of aromatic nitrogens is 2. The number of nitrogens with zero attached hydrogens (tertiary/aromatic N) is 2. The predicted octanol–water partition coefficient (Wildman–Crippen LogP) is 7.29. The molecule has 0 saturated heterocycles. The highest BCUT2D eigenvalue weighted by Gasteiger charge is 2.43. The number of fused-ring (bicyclic) bond motifs is 1. The van der Waals surface area contributed by atoms with Gasteiger partial charge in [-0.3, -0.25) is 9.89 Å². The molecule has 0 spiro atoms. The first-order valence-corrected chi connectivity index (χ1v) is 13.7. The lowest BCUT2D eigenvalue weighted by Crippen LogP contribution is -2.29. The number of hydrogen-bond donors (Lipinski definition) is 2. The van der Waals surface area contributed by atoms with Crippen molar-refractivity contribution < 1.29 is 23.8 Å². The van der Waals surface area contributed by atoms with Gasteiger partial charge < -0.3 is 19.5 Å². The number of halogens is 2. The second kappa shape index (κ2) is 12.0. The maximum atomic E-state index is 13.7. The van der Waals surface area contributed by atoms with Crippen LogP contribution in [0.3, 0.4) is 0 Å². The van der Waals surface area contributed by atoms with Gasteiger partial charge >= 0.3 is 0 Å². The van der Waals surface area contributed by atoms with Gasteiger partial charge in [-0.25, -0.2) is 4.39 Å². The molecule has 1 atom stereocenters. The Morgan fingerprint density at radius 2 is 1.85 bits per heavy atom. The van der Waals surface area contributed by atoms with Gasteiger partial charge in [0.25, 0.3) is 5.91 Å². The van der Waals surface area contributed by atoms with Crippen LogP contribution < -0.4 is 9.47 Å². The number of amides is 1. The zero-order chi connectivity index (χ0) is 28.2. The number of rotatable bonds is 11. The summed E-state index contributed by atoms with van der Waals surface area (Å²) in [6.07, 6.45) is 4.36. The van der Waals surface area contributed by atoms with Crippen LogP contribution in [-0.4, -0.2) is 39.8 Å². The molecule has 1 unspecified atom stereocenters. The van der Waals surface area contributed by atoms with Crippen molar-refractivity contribution in [3.63, 3.8) is 0 Å². The Bertz CT molecular complexity index is 1510. The van der Waals surface area contributed by atoms with E-state index in [-0.39, 0.29) is 24.0 Å². The largest absolute Gasteiger partial charge is 0.507 e. The summed E-state index contributed by atoms with van der Waals surface area (Å²) in [6.45, 7) is 2.98. The molecule has 40 heavy (non-hydrogen) atoms. The van der Waals surface area contributed by atoms with Gasteiger partial charge in [-0.1, -0.05) is 56.0 Å². The number of H-pyrrole nitrogens is 1. The van der Waals surface area contributed by atoms with E-state index in [4.69, 9.17) is 21.1 Å². The number of ether oxygens (including phenoxy) is 2. The van der Waals surface area contributed by atoms with Gasteiger partial charge in [0, 0.05) is 22.7 Å². The van der Waals surface area contributed by atoms with Crippen molar-refractivity contribution in [2.45, 2.75) is 45.2 Å². The van der Waals surface area contributed by atoms with E-state index in [1.165, 1.54) is 18.2 Å². The molecule has 0 saturated carbocycles. The van der Waals surface area contributed by atoms with Crippen molar-refractivity contribution in [2.24, 2.45) is 0 Å². The number of benzene rings is 3. The van der Waals surface area contributed by atoms with Gasteiger partial charge in [-0.05, 0) is 60.0 Å². The van der Waals surface area contributed by atoms with Gasteiger partial charge in [0.1, 0.15) is 23.0 Å². The monoisotopic (exact) mass is 563 g/mol. The van der Waals surface area contributed by atoms with Crippen molar-refractivity contribution in [2.75, 3.05) is 13.7 Å². The van der Waals surface area contributed by atoms with Crippen molar-refractivity contribution in [1.29, 1.82) is 0 Å². The van der Waals surface area contributed by atoms with Crippen molar-refractivity contribution >= 4 is 17.5 Å². The second-order valence-corrected chi connectivity index (χ2v) is 10.2. The molecule has 1 aromatic heterocycles. The molecule has 2 N–H and O–H groups in total. The number of phenolic OH excluding ortho intramolecular Hbond substituents is 1. The summed E-state index contributed by atoms with van der Waals surface area (Å²) in [5.41, 5.74) is 3.30. The van der Waals surface area contributed by atoms with E-state index in [1.807, 2.05) is 18.2 Å². The first kappa shape index (κ1) is 27.5. The van der Waals surface area contributed by atoms with Crippen LogP contribution in [0.25, 0.3) is 11.3 Å². The Morgan fingerprint density at radius 1 is 1.05 bits per heavy atom. The topological polar surface area (TPSA) is 87.7 Å². The number of phenols is 1. The average molecular weight is 564 g/mol. The van der Waals surface area contributed by atoms with E-state index >= 15 is 0 Å². The van der Waals surface area contributed by atoms with Crippen molar-refractivity contribution in [3.05, 3.63) is 93.9 Å². The SMILES string of the molecule is CCCCCCOc1ccc(C2c3c(-c4cc(Cl)ccc4O)n[nH]c3C(=O)N2Cc2ccc(F)cc2)cc1OC. The Morgan fingerprint density at radius 3 is 2.60 bits per heavy atom. The van der Waals surface area contributed by atoms with Gasteiger partial charge in [0.2, 0.25) is 0 Å². The van der Waals surface area contributed by atoms with Crippen LogP contribution in [0.2, 0.25) is 5.02 Å². The molecule has 9 heteroatoms. The molecule has 0 aliphatic carbocycles. The quantitative estimate of drug-likeness (QED) is 0.187. The van der Waals surface area contributed by atoms with E-state index in [9.17, 15) is 14.3 Å². The summed E-state index contributed by atoms with van der Waals surface area (Å²) in [7, 11) is 1.58. The van der Waals surface area contributed by atoms with Crippen molar-refractivity contribution in [1.82, 2.24) is 15.1 Å². The Balaban J connectivity index is 1.56. The number of unbranched alkanes of at least 4 members (excludes halogenated alkanes) is 3. The molecule has 1 amide bonds. The van der Waals surface area contributed by atoms with Crippen LogP contribution in [0.4, 0.5) is 4.39 Å². The van der Waals surface area contributed by atoms with Gasteiger partial charge in [0.15, 0.2) is 11.5 Å². The molecule has 1 aliphatic rings. The van der Waals surface area contributed by atoms with Crippen molar-refractivity contribution in [3.8, 4) is 28.5 Å². The standard InChI is InChI=1S/C31H31ClFN3O4/c1-3-4-5-6-15-40-25-14-9-20(16-26(25)39-2)30-27-28(23-17-21(32)10-13-24(23)37)34-35-29(27)31(38)36(30)18-19-7-11-22(33)12-8-19/h7-14,16-17,30,37H,3-6,15,18H2,1-2H3,(H,34,35). The van der Waals surface area contributed by atoms with Gasteiger partial charge in [-0.15, -0.1) is 0 Å². The third kappa shape index (κ3) is 5.49. The fourth-order valence-corrected chi connectivity index (χ4v) is 5.25. The summed E-state index contributed by atoms with van der Waals surface area (Å²) in [5.74, 6) is 0.547. The van der Waals surface area contributed by atoms with E-state index < -0.39 is 6.04 Å². The van der Waals surface area contributed by atoms with Crippen LogP contribution >= 0.6 is 11.6 Å². The Labute approximate surface area is 237 Å². The number of aromatic amines is 1. The van der Waals surface area contributed by atoms with E-state index in [0.717, 1.165) is 36.8 Å². The van der Waals surface area contributed by atoms with E-state index in [1.54, 1.807) is 36.3 Å². The third-order valence-electron chi connectivity index (χ3n) is 7.10. The summed E-state index contributed by atoms with van der Waals surface area (Å²) in [5, 5.41) is 18.4. The zero-order valence-electron chi connectivity index (χ0n) is 22.4. The molecule has 3 aromatic carbocycles. The van der Waals surface area contributed by atoms with Crippen LogP contribution in [-0.2, 0) is 6.54 Å². The normalized spacial score (nSPS) is 14.4. The summed E-state index contributed by atoms with van der Waals surface area (Å²) in [4.78, 5) is 15.4. The summed E-state index contributed by atoms with van der Waals surface area (Å²) < 4.78 is 25.3. The number of nitrogens with one attached hydrogen (secondary N) is 1. The molecular formula is C31H31ClFN3O4. The highest BCUT2D eigenvalue weighted by Crippen LogP contribution is 2.46. The molecule has 4 aromatic rings.